The molecule has 0 atom stereocenters. The third-order valence-electron chi connectivity index (χ3n) is 3.02. The van der Waals surface area contributed by atoms with Crippen LogP contribution in [0.5, 0.6) is 0 Å². The van der Waals surface area contributed by atoms with Gasteiger partial charge in [0.15, 0.2) is 0 Å². The molecule has 2 rings (SSSR count). The summed E-state index contributed by atoms with van der Waals surface area (Å²) in [5, 5.41) is 9.13. The molecule has 0 aliphatic carbocycles. The van der Waals surface area contributed by atoms with Crippen LogP contribution in [0, 0.1) is 5.82 Å². The lowest BCUT2D eigenvalue weighted by Crippen LogP contribution is -2.00. The van der Waals surface area contributed by atoms with Gasteiger partial charge < -0.3 is 5.11 Å². The molecule has 2 aromatic carbocycles. The zero-order valence-corrected chi connectivity index (χ0v) is 10.7. The first-order valence-electron chi connectivity index (χ1n) is 6.24. The normalized spacial score (nSPS) is 10.4. The van der Waals surface area contributed by atoms with Gasteiger partial charge in [0.05, 0.1) is 5.56 Å². The zero-order valence-electron chi connectivity index (χ0n) is 10.7. The van der Waals surface area contributed by atoms with E-state index in [1.165, 1.54) is 23.8 Å². The van der Waals surface area contributed by atoms with Gasteiger partial charge in [0.25, 0.3) is 0 Å². The Hall–Kier alpha value is -2.16. The first kappa shape index (κ1) is 13.3. The Balaban J connectivity index is 2.45. The van der Waals surface area contributed by atoms with E-state index in [0.29, 0.717) is 5.56 Å². The van der Waals surface area contributed by atoms with E-state index in [0.717, 1.165) is 18.4 Å². The molecule has 0 aliphatic heterocycles. The van der Waals surface area contributed by atoms with Crippen molar-refractivity contribution in [2.24, 2.45) is 0 Å². The second-order valence-corrected chi connectivity index (χ2v) is 4.44. The number of carboxylic acids is 1. The maximum absolute atomic E-state index is 13.3. The van der Waals surface area contributed by atoms with Gasteiger partial charge in [-0.1, -0.05) is 37.6 Å². The second kappa shape index (κ2) is 5.65. The smallest absolute Gasteiger partial charge is 0.336 e. The molecule has 3 heteroatoms. The molecule has 0 radical (unpaired) electrons. The molecule has 0 fully saturated rings. The Morgan fingerprint density at radius 3 is 2.42 bits per heavy atom. The molecule has 98 valence electrons. The summed E-state index contributed by atoms with van der Waals surface area (Å²) in [5.74, 6) is -1.48. The quantitative estimate of drug-likeness (QED) is 0.894. The van der Waals surface area contributed by atoms with Crippen molar-refractivity contribution >= 4 is 5.97 Å². The van der Waals surface area contributed by atoms with Gasteiger partial charge in [0.1, 0.15) is 5.82 Å². The van der Waals surface area contributed by atoms with Crippen molar-refractivity contribution in [1.82, 2.24) is 0 Å². The van der Waals surface area contributed by atoms with Gasteiger partial charge in [-0.25, -0.2) is 9.18 Å². The molecule has 19 heavy (non-hydrogen) atoms. The van der Waals surface area contributed by atoms with Crippen molar-refractivity contribution in [3.05, 3.63) is 59.4 Å². The van der Waals surface area contributed by atoms with Crippen molar-refractivity contribution in [3.8, 4) is 11.1 Å². The van der Waals surface area contributed by atoms with Crippen LogP contribution in [0.4, 0.5) is 4.39 Å². The first-order valence-corrected chi connectivity index (χ1v) is 6.24. The average Bonchev–Trinajstić information content (AvgIpc) is 2.39. The molecule has 0 aliphatic rings. The molecule has 0 bridgehead atoms. The molecular weight excluding hydrogens is 243 g/mol. The molecule has 2 aromatic rings. The highest BCUT2D eigenvalue weighted by atomic mass is 19.1. The highest BCUT2D eigenvalue weighted by Gasteiger charge is 2.12. The van der Waals surface area contributed by atoms with E-state index in [4.69, 9.17) is 5.11 Å². The van der Waals surface area contributed by atoms with Gasteiger partial charge in [-0.3, -0.25) is 0 Å². The molecule has 1 N–H and O–H groups in total. The van der Waals surface area contributed by atoms with Crippen LogP contribution < -0.4 is 0 Å². The maximum Gasteiger partial charge on any atom is 0.336 e. The van der Waals surface area contributed by atoms with E-state index < -0.39 is 11.8 Å². The van der Waals surface area contributed by atoms with Crippen LogP contribution in [-0.2, 0) is 6.42 Å². The Morgan fingerprint density at radius 1 is 1.16 bits per heavy atom. The number of rotatable bonds is 4. The topological polar surface area (TPSA) is 37.3 Å². The van der Waals surface area contributed by atoms with Crippen LogP contribution in [0.15, 0.2) is 42.5 Å². The molecule has 0 amide bonds. The van der Waals surface area contributed by atoms with Crippen molar-refractivity contribution in [3.63, 3.8) is 0 Å². The Morgan fingerprint density at radius 2 is 1.84 bits per heavy atom. The maximum atomic E-state index is 13.3. The van der Waals surface area contributed by atoms with Gasteiger partial charge in [-0.05, 0) is 41.3 Å². The number of halogens is 1. The highest BCUT2D eigenvalue weighted by Crippen LogP contribution is 2.25. The number of aryl methyl sites for hydroxylation is 1. The lowest BCUT2D eigenvalue weighted by Gasteiger charge is -2.07. The fraction of sp³-hybridized carbons (Fsp3) is 0.188. The van der Waals surface area contributed by atoms with E-state index in [-0.39, 0.29) is 5.56 Å². The summed E-state index contributed by atoms with van der Waals surface area (Å²) < 4.78 is 13.3. The average molecular weight is 258 g/mol. The molecule has 0 saturated heterocycles. The number of carboxylic acid groups (broad SMARTS) is 1. The predicted octanol–water partition coefficient (Wildman–Crippen LogP) is 4.14. The van der Waals surface area contributed by atoms with Gasteiger partial charge in [0.2, 0.25) is 0 Å². The molecule has 0 spiro atoms. The molecule has 0 aromatic heterocycles. The molecule has 0 saturated carbocycles. The molecule has 0 unspecified atom stereocenters. The molecule has 2 nitrogen and oxygen atoms in total. The number of benzene rings is 2. The lowest BCUT2D eigenvalue weighted by molar-refractivity contribution is 0.0697. The number of carbonyl (C=O) groups is 1. The van der Waals surface area contributed by atoms with Crippen LogP contribution in [-0.4, -0.2) is 11.1 Å². The largest absolute Gasteiger partial charge is 0.478 e. The summed E-state index contributed by atoms with van der Waals surface area (Å²) in [7, 11) is 0. The van der Waals surface area contributed by atoms with Crippen molar-refractivity contribution in [2.45, 2.75) is 19.8 Å². The Kier molecular flexibility index (Phi) is 3.95. The van der Waals surface area contributed by atoms with Crippen molar-refractivity contribution < 1.29 is 14.3 Å². The van der Waals surface area contributed by atoms with Gasteiger partial charge >= 0.3 is 5.97 Å². The minimum absolute atomic E-state index is 0.115. The number of aromatic carboxylic acids is 1. The SMILES string of the molecule is CCCc1ccc(-c2cc(F)ccc2C(=O)O)cc1. The Labute approximate surface area is 111 Å². The van der Waals surface area contributed by atoms with Crippen LogP contribution in [0.25, 0.3) is 11.1 Å². The summed E-state index contributed by atoms with van der Waals surface area (Å²) in [6.07, 6.45) is 2.04. The third kappa shape index (κ3) is 2.99. The standard InChI is InChI=1S/C16H15FO2/c1-2-3-11-4-6-12(7-5-11)15-10-13(17)8-9-14(15)16(18)19/h4-10H,2-3H2,1H3,(H,18,19). The minimum Gasteiger partial charge on any atom is -0.478 e. The fourth-order valence-electron chi connectivity index (χ4n) is 2.08. The van der Waals surface area contributed by atoms with E-state index in [1.54, 1.807) is 0 Å². The van der Waals surface area contributed by atoms with E-state index in [2.05, 4.69) is 6.92 Å². The van der Waals surface area contributed by atoms with Crippen LogP contribution in [0.3, 0.4) is 0 Å². The second-order valence-electron chi connectivity index (χ2n) is 4.44. The summed E-state index contributed by atoms with van der Waals surface area (Å²) in [4.78, 5) is 11.2. The van der Waals surface area contributed by atoms with E-state index in [1.807, 2.05) is 24.3 Å². The third-order valence-corrected chi connectivity index (χ3v) is 3.02. The van der Waals surface area contributed by atoms with Crippen LogP contribution >= 0.6 is 0 Å². The van der Waals surface area contributed by atoms with Crippen molar-refractivity contribution in [1.29, 1.82) is 0 Å². The van der Waals surface area contributed by atoms with Crippen LogP contribution in [0.2, 0.25) is 0 Å². The number of hydrogen-bond acceptors (Lipinski definition) is 1. The summed E-state index contributed by atoms with van der Waals surface area (Å²) in [6.45, 7) is 2.10. The summed E-state index contributed by atoms with van der Waals surface area (Å²) >= 11 is 0. The molecule has 0 heterocycles. The summed E-state index contributed by atoms with van der Waals surface area (Å²) in [6, 6.07) is 11.3. The van der Waals surface area contributed by atoms with E-state index >= 15 is 0 Å². The molecular formula is C16H15FO2. The zero-order chi connectivity index (χ0) is 13.8. The van der Waals surface area contributed by atoms with Gasteiger partial charge in [-0.15, -0.1) is 0 Å². The minimum atomic E-state index is -1.05. The fourth-order valence-corrected chi connectivity index (χ4v) is 2.08. The van der Waals surface area contributed by atoms with Crippen molar-refractivity contribution in [2.75, 3.05) is 0 Å². The highest BCUT2D eigenvalue weighted by molar-refractivity contribution is 5.96. The van der Waals surface area contributed by atoms with E-state index in [9.17, 15) is 9.18 Å². The van der Waals surface area contributed by atoms with Gasteiger partial charge in [-0.2, -0.15) is 0 Å². The summed E-state index contributed by atoms with van der Waals surface area (Å²) in [5.41, 5.74) is 2.44. The van der Waals surface area contributed by atoms with Gasteiger partial charge in [0, 0.05) is 0 Å². The Bertz CT molecular complexity index is 588. The number of hydrogen-bond donors (Lipinski definition) is 1. The van der Waals surface area contributed by atoms with Crippen LogP contribution in [0.1, 0.15) is 29.3 Å². The first-order chi connectivity index (χ1) is 9.11. The lowest BCUT2D eigenvalue weighted by atomic mass is 9.98. The predicted molar refractivity (Wildman–Crippen MR) is 72.8 cm³/mol. The monoisotopic (exact) mass is 258 g/mol.